The van der Waals surface area contributed by atoms with Gasteiger partial charge in [-0.05, 0) is 36.7 Å². The molecule has 0 unspecified atom stereocenters. The first-order valence-electron chi connectivity index (χ1n) is 6.89. The number of nitrogens with two attached hydrogens (primary N) is 1. The summed E-state index contributed by atoms with van der Waals surface area (Å²) in [5.41, 5.74) is 5.54. The molecule has 0 aromatic carbocycles. The minimum absolute atomic E-state index is 0.0544. The van der Waals surface area contributed by atoms with Crippen molar-refractivity contribution in [1.82, 2.24) is 9.21 Å². The van der Waals surface area contributed by atoms with Crippen molar-refractivity contribution in [2.45, 2.75) is 37.8 Å². The molecule has 21 heavy (non-hydrogen) atoms. The lowest BCUT2D eigenvalue weighted by Gasteiger charge is -2.41. The Morgan fingerprint density at radius 2 is 1.86 bits per heavy atom. The maximum atomic E-state index is 12.7. The largest absolute Gasteiger partial charge is 0.452 e. The molecule has 1 aromatic heterocycles. The summed E-state index contributed by atoms with van der Waals surface area (Å²) in [5.74, 6) is 0.453. The fraction of sp³-hybridized carbons (Fsp3) is 0.692. The third kappa shape index (κ3) is 3.50. The van der Waals surface area contributed by atoms with Crippen LogP contribution < -0.4 is 5.73 Å². The van der Waals surface area contributed by atoms with Crippen molar-refractivity contribution >= 4 is 26.0 Å². The van der Waals surface area contributed by atoms with Gasteiger partial charge in [0.05, 0.1) is 6.54 Å². The van der Waals surface area contributed by atoms with Crippen LogP contribution in [0.3, 0.4) is 0 Å². The highest BCUT2D eigenvalue weighted by Crippen LogP contribution is 2.29. The van der Waals surface area contributed by atoms with Crippen LogP contribution in [0.4, 0.5) is 0 Å². The first-order chi connectivity index (χ1) is 9.66. The van der Waals surface area contributed by atoms with E-state index >= 15 is 0 Å². The molecule has 0 radical (unpaired) electrons. The highest BCUT2D eigenvalue weighted by molar-refractivity contribution is 9.10. The monoisotopic (exact) mass is 379 g/mol. The molecule has 1 aliphatic heterocycles. The maximum absolute atomic E-state index is 12.7. The van der Waals surface area contributed by atoms with E-state index < -0.39 is 10.0 Å². The highest BCUT2D eigenvalue weighted by Gasteiger charge is 2.34. The molecule has 0 spiro atoms. The van der Waals surface area contributed by atoms with Crippen LogP contribution in [-0.4, -0.2) is 49.3 Å². The van der Waals surface area contributed by atoms with E-state index in [1.807, 2.05) is 0 Å². The van der Waals surface area contributed by atoms with Gasteiger partial charge in [0.25, 0.3) is 0 Å². The second-order valence-electron chi connectivity index (χ2n) is 6.12. The van der Waals surface area contributed by atoms with Gasteiger partial charge in [0.2, 0.25) is 10.0 Å². The molecule has 2 rings (SSSR count). The average molecular weight is 380 g/mol. The summed E-state index contributed by atoms with van der Waals surface area (Å²) >= 11 is 3.17. The van der Waals surface area contributed by atoms with Crippen molar-refractivity contribution in [3.63, 3.8) is 0 Å². The van der Waals surface area contributed by atoms with Gasteiger partial charge in [-0.2, -0.15) is 4.31 Å². The molecule has 2 N–H and O–H groups in total. The van der Waals surface area contributed by atoms with Crippen LogP contribution in [0.2, 0.25) is 0 Å². The van der Waals surface area contributed by atoms with Gasteiger partial charge in [-0.3, -0.25) is 4.90 Å². The molecular formula is C13H22BrN3O3S. The molecule has 0 saturated carbocycles. The Labute approximate surface area is 134 Å². The van der Waals surface area contributed by atoms with Gasteiger partial charge in [-0.1, -0.05) is 0 Å². The lowest BCUT2D eigenvalue weighted by atomic mass is 10.1. The van der Waals surface area contributed by atoms with Crippen molar-refractivity contribution in [2.24, 2.45) is 5.73 Å². The zero-order chi connectivity index (χ0) is 15.8. The number of nitrogens with zero attached hydrogens (tertiary/aromatic N) is 2. The van der Waals surface area contributed by atoms with Crippen LogP contribution in [0.25, 0.3) is 0 Å². The molecule has 8 heteroatoms. The molecular weight excluding hydrogens is 358 g/mol. The normalized spacial score (nSPS) is 19.1. The molecule has 0 aliphatic carbocycles. The summed E-state index contributed by atoms with van der Waals surface area (Å²) < 4.78 is 32.4. The second kappa shape index (κ2) is 6.00. The van der Waals surface area contributed by atoms with E-state index in [0.717, 1.165) is 13.1 Å². The number of halogens is 1. The lowest BCUT2D eigenvalue weighted by Crippen LogP contribution is -2.54. The molecule has 120 valence electrons. The zero-order valence-electron chi connectivity index (χ0n) is 12.6. The molecule has 2 heterocycles. The fourth-order valence-corrected chi connectivity index (χ4v) is 4.80. The molecule has 6 nitrogen and oxygen atoms in total. The van der Waals surface area contributed by atoms with Crippen LogP contribution >= 0.6 is 15.9 Å². The van der Waals surface area contributed by atoms with E-state index in [1.54, 1.807) is 0 Å². The third-order valence-electron chi connectivity index (χ3n) is 3.71. The van der Waals surface area contributed by atoms with Crippen molar-refractivity contribution in [2.75, 3.05) is 26.2 Å². The highest BCUT2D eigenvalue weighted by atomic mass is 79.9. The number of rotatable bonds is 3. The number of hydrogen-bond donors (Lipinski definition) is 1. The van der Waals surface area contributed by atoms with E-state index in [2.05, 4.69) is 41.6 Å². The summed E-state index contributed by atoms with van der Waals surface area (Å²) in [6.07, 6.45) is 0. The van der Waals surface area contributed by atoms with Crippen molar-refractivity contribution in [3.8, 4) is 0 Å². The van der Waals surface area contributed by atoms with Crippen LogP contribution in [0.15, 0.2) is 20.0 Å². The van der Waals surface area contributed by atoms with E-state index in [1.165, 1.54) is 10.4 Å². The van der Waals surface area contributed by atoms with Gasteiger partial charge in [-0.25, -0.2) is 8.42 Å². The van der Waals surface area contributed by atoms with Crippen LogP contribution in [-0.2, 0) is 16.6 Å². The zero-order valence-corrected chi connectivity index (χ0v) is 15.0. The Balaban J connectivity index is 2.17. The quantitative estimate of drug-likeness (QED) is 0.862. The van der Waals surface area contributed by atoms with Crippen LogP contribution in [0, 0.1) is 0 Å². The molecule has 0 bridgehead atoms. The summed E-state index contributed by atoms with van der Waals surface area (Å²) in [4.78, 5) is 2.45. The summed E-state index contributed by atoms with van der Waals surface area (Å²) in [7, 11) is -3.54. The predicted octanol–water partition coefficient (Wildman–Crippen LogP) is 1.61. The van der Waals surface area contributed by atoms with Gasteiger partial charge in [-0.15, -0.1) is 0 Å². The van der Waals surface area contributed by atoms with Gasteiger partial charge >= 0.3 is 0 Å². The summed E-state index contributed by atoms with van der Waals surface area (Å²) in [5, 5.41) is 0. The SMILES string of the molecule is CC(C)(C)N1CCN(S(=O)(=O)c2cc(CN)oc2Br)CC1. The third-order valence-corrected chi connectivity index (χ3v) is 6.47. The van der Waals surface area contributed by atoms with Gasteiger partial charge in [0.1, 0.15) is 10.7 Å². The summed E-state index contributed by atoms with van der Waals surface area (Å²) in [6.45, 7) is 8.99. The predicted molar refractivity (Wildman–Crippen MR) is 84.4 cm³/mol. The van der Waals surface area contributed by atoms with Crippen LogP contribution in [0.5, 0.6) is 0 Å². The van der Waals surface area contributed by atoms with Gasteiger partial charge < -0.3 is 10.2 Å². The Morgan fingerprint density at radius 3 is 2.29 bits per heavy atom. The van der Waals surface area contributed by atoms with Gasteiger partial charge in [0, 0.05) is 37.8 Å². The van der Waals surface area contributed by atoms with Crippen molar-refractivity contribution in [3.05, 3.63) is 16.5 Å². The number of furan rings is 1. The van der Waals surface area contributed by atoms with Crippen molar-refractivity contribution < 1.29 is 12.8 Å². The first-order valence-corrected chi connectivity index (χ1v) is 9.13. The molecule has 0 atom stereocenters. The minimum atomic E-state index is -3.54. The van der Waals surface area contributed by atoms with E-state index in [0.29, 0.717) is 18.8 Å². The molecule has 1 fully saturated rings. The summed E-state index contributed by atoms with van der Waals surface area (Å²) in [6, 6.07) is 1.50. The molecule has 0 amide bonds. The average Bonchev–Trinajstić information content (AvgIpc) is 2.80. The maximum Gasteiger partial charge on any atom is 0.247 e. The number of piperazine rings is 1. The Morgan fingerprint density at radius 1 is 1.29 bits per heavy atom. The Kier molecular flexibility index (Phi) is 4.84. The minimum Gasteiger partial charge on any atom is -0.452 e. The van der Waals surface area contributed by atoms with E-state index in [-0.39, 0.29) is 21.6 Å². The number of hydrogen-bond acceptors (Lipinski definition) is 5. The fourth-order valence-electron chi connectivity index (χ4n) is 2.41. The Bertz CT molecular complexity index is 599. The smallest absolute Gasteiger partial charge is 0.247 e. The lowest BCUT2D eigenvalue weighted by molar-refractivity contribution is 0.0921. The topological polar surface area (TPSA) is 79.8 Å². The molecule has 1 saturated heterocycles. The molecule has 1 aromatic rings. The van der Waals surface area contributed by atoms with E-state index in [9.17, 15) is 8.42 Å². The first kappa shape index (κ1) is 17.0. The van der Waals surface area contributed by atoms with E-state index in [4.69, 9.17) is 10.2 Å². The van der Waals surface area contributed by atoms with Crippen LogP contribution in [0.1, 0.15) is 26.5 Å². The van der Waals surface area contributed by atoms with Gasteiger partial charge in [0.15, 0.2) is 4.67 Å². The standard InChI is InChI=1S/C13H22BrN3O3S/c1-13(2,3)16-4-6-17(7-5-16)21(18,19)11-8-10(9-15)20-12(11)14/h8H,4-7,9,15H2,1-3H3. The molecule has 1 aliphatic rings. The number of sulfonamides is 1. The second-order valence-corrected chi connectivity index (χ2v) is 8.74. The van der Waals surface area contributed by atoms with Crippen molar-refractivity contribution in [1.29, 1.82) is 0 Å². The Hall–Kier alpha value is -0.410.